The van der Waals surface area contributed by atoms with Gasteiger partial charge in [-0.3, -0.25) is 4.79 Å². The molecule has 1 heterocycles. The molecule has 0 aliphatic heterocycles. The Balaban J connectivity index is 1.72. The number of hydrogen-bond acceptors (Lipinski definition) is 5. The smallest absolute Gasteiger partial charge is 0.258 e. The molecule has 0 radical (unpaired) electrons. The zero-order valence-corrected chi connectivity index (χ0v) is 14.0. The predicted molar refractivity (Wildman–Crippen MR) is 97.4 cm³/mol. The molecule has 0 unspecified atom stereocenters. The number of nitrogens with zero attached hydrogens (tertiary/aromatic N) is 2. The van der Waals surface area contributed by atoms with Gasteiger partial charge in [0, 0.05) is 18.1 Å². The summed E-state index contributed by atoms with van der Waals surface area (Å²) < 4.78 is 5.27. The molecule has 0 spiro atoms. The van der Waals surface area contributed by atoms with E-state index in [-0.39, 0.29) is 5.91 Å². The van der Waals surface area contributed by atoms with E-state index < -0.39 is 0 Å². The van der Waals surface area contributed by atoms with Gasteiger partial charge >= 0.3 is 0 Å². The number of anilines is 3. The average Bonchev–Trinajstić information content (AvgIpc) is 2.64. The highest BCUT2D eigenvalue weighted by molar-refractivity contribution is 6.04. The molecule has 0 aliphatic rings. The van der Waals surface area contributed by atoms with Crippen molar-refractivity contribution in [3.63, 3.8) is 0 Å². The molecule has 25 heavy (non-hydrogen) atoms. The van der Waals surface area contributed by atoms with Gasteiger partial charge in [0.05, 0.1) is 18.4 Å². The molecule has 1 aromatic heterocycles. The molecule has 3 rings (SSSR count). The van der Waals surface area contributed by atoms with Crippen LogP contribution >= 0.6 is 0 Å². The Hall–Kier alpha value is -3.41. The van der Waals surface area contributed by atoms with Gasteiger partial charge in [0.15, 0.2) is 0 Å². The third kappa shape index (κ3) is 3.92. The van der Waals surface area contributed by atoms with Crippen molar-refractivity contribution in [2.24, 2.45) is 0 Å². The molecule has 0 aliphatic carbocycles. The number of ether oxygens (including phenoxy) is 1. The zero-order chi connectivity index (χ0) is 17.6. The summed E-state index contributed by atoms with van der Waals surface area (Å²) in [7, 11) is 1.60. The second-order valence-electron chi connectivity index (χ2n) is 5.39. The molecule has 0 saturated heterocycles. The summed E-state index contributed by atoms with van der Waals surface area (Å²) in [5.41, 5.74) is 2.89. The highest BCUT2D eigenvalue weighted by atomic mass is 16.5. The molecule has 6 heteroatoms. The van der Waals surface area contributed by atoms with E-state index in [9.17, 15) is 4.79 Å². The number of amides is 1. The van der Waals surface area contributed by atoms with Crippen LogP contribution in [0.5, 0.6) is 5.75 Å². The number of para-hydroxylation sites is 3. The van der Waals surface area contributed by atoms with Gasteiger partial charge in [-0.2, -0.15) is 0 Å². The first-order valence-corrected chi connectivity index (χ1v) is 7.76. The Morgan fingerprint density at radius 2 is 1.60 bits per heavy atom. The molecule has 0 fully saturated rings. The molecule has 0 atom stereocenters. The van der Waals surface area contributed by atoms with Crippen molar-refractivity contribution in [1.29, 1.82) is 0 Å². The monoisotopic (exact) mass is 334 g/mol. The zero-order valence-electron chi connectivity index (χ0n) is 14.0. The van der Waals surface area contributed by atoms with Gasteiger partial charge in [0.25, 0.3) is 5.91 Å². The van der Waals surface area contributed by atoms with E-state index in [4.69, 9.17) is 4.74 Å². The van der Waals surface area contributed by atoms with Gasteiger partial charge in [0.1, 0.15) is 5.75 Å². The lowest BCUT2D eigenvalue weighted by molar-refractivity contribution is 0.102. The van der Waals surface area contributed by atoms with Crippen molar-refractivity contribution < 1.29 is 9.53 Å². The SMILES string of the molecule is COc1ccccc1Nc1ncc(C(=O)Nc2ccccc2C)cn1. The lowest BCUT2D eigenvalue weighted by Crippen LogP contribution is -2.13. The Morgan fingerprint density at radius 1 is 0.960 bits per heavy atom. The maximum absolute atomic E-state index is 12.3. The van der Waals surface area contributed by atoms with Crippen molar-refractivity contribution in [1.82, 2.24) is 9.97 Å². The van der Waals surface area contributed by atoms with E-state index in [1.54, 1.807) is 7.11 Å². The van der Waals surface area contributed by atoms with Crippen molar-refractivity contribution in [2.45, 2.75) is 6.92 Å². The molecule has 2 N–H and O–H groups in total. The number of carbonyl (C=O) groups is 1. The number of methoxy groups -OCH3 is 1. The van der Waals surface area contributed by atoms with Crippen LogP contribution in [0.25, 0.3) is 0 Å². The van der Waals surface area contributed by atoms with Gasteiger partial charge in [-0.05, 0) is 30.7 Å². The minimum absolute atomic E-state index is 0.252. The molecule has 6 nitrogen and oxygen atoms in total. The number of nitrogens with one attached hydrogen (secondary N) is 2. The number of rotatable bonds is 5. The van der Waals surface area contributed by atoms with Crippen LogP contribution in [-0.2, 0) is 0 Å². The first-order chi connectivity index (χ1) is 12.2. The first kappa shape index (κ1) is 16.4. The number of hydrogen-bond donors (Lipinski definition) is 2. The fourth-order valence-electron chi connectivity index (χ4n) is 2.29. The lowest BCUT2D eigenvalue weighted by Gasteiger charge is -2.10. The maximum Gasteiger partial charge on any atom is 0.258 e. The number of aromatic nitrogens is 2. The standard InChI is InChI=1S/C19H18N4O2/c1-13-7-3-4-8-15(13)22-18(24)14-11-20-19(21-12-14)23-16-9-5-6-10-17(16)25-2/h3-12H,1-2H3,(H,22,24)(H,20,21,23). The van der Waals surface area contributed by atoms with Crippen LogP contribution in [0.4, 0.5) is 17.3 Å². The third-order valence-corrected chi connectivity index (χ3v) is 3.66. The molecule has 0 saturated carbocycles. The number of aryl methyl sites for hydroxylation is 1. The summed E-state index contributed by atoms with van der Waals surface area (Å²) in [6.45, 7) is 1.94. The number of benzene rings is 2. The van der Waals surface area contributed by atoms with Crippen LogP contribution < -0.4 is 15.4 Å². The number of carbonyl (C=O) groups excluding carboxylic acids is 1. The van der Waals surface area contributed by atoms with Crippen LogP contribution in [0, 0.1) is 6.92 Å². The topological polar surface area (TPSA) is 76.1 Å². The lowest BCUT2D eigenvalue weighted by atomic mass is 10.2. The van der Waals surface area contributed by atoms with Gasteiger partial charge < -0.3 is 15.4 Å². The van der Waals surface area contributed by atoms with E-state index in [1.165, 1.54) is 12.4 Å². The van der Waals surface area contributed by atoms with Crippen LogP contribution in [0.15, 0.2) is 60.9 Å². The summed E-state index contributed by atoms with van der Waals surface area (Å²) >= 11 is 0. The van der Waals surface area contributed by atoms with Crippen molar-refractivity contribution >= 4 is 23.2 Å². The quantitative estimate of drug-likeness (QED) is 0.742. The van der Waals surface area contributed by atoms with Gasteiger partial charge in [-0.1, -0.05) is 30.3 Å². The van der Waals surface area contributed by atoms with Crippen molar-refractivity contribution in [3.05, 3.63) is 72.1 Å². The first-order valence-electron chi connectivity index (χ1n) is 7.76. The van der Waals surface area contributed by atoms with Crippen LogP contribution in [-0.4, -0.2) is 23.0 Å². The second kappa shape index (κ2) is 7.44. The minimum Gasteiger partial charge on any atom is -0.495 e. The van der Waals surface area contributed by atoms with E-state index in [2.05, 4.69) is 20.6 Å². The highest BCUT2D eigenvalue weighted by Gasteiger charge is 2.10. The van der Waals surface area contributed by atoms with Gasteiger partial charge in [0.2, 0.25) is 5.95 Å². The van der Waals surface area contributed by atoms with E-state index >= 15 is 0 Å². The molecule has 126 valence electrons. The van der Waals surface area contributed by atoms with Crippen molar-refractivity contribution in [3.8, 4) is 5.75 Å². The average molecular weight is 334 g/mol. The molecule has 1 amide bonds. The fraction of sp³-hybridized carbons (Fsp3) is 0.105. The summed E-state index contributed by atoms with van der Waals surface area (Å²) in [5, 5.41) is 5.92. The van der Waals surface area contributed by atoms with Crippen LogP contribution in [0.2, 0.25) is 0 Å². The Labute approximate surface area is 145 Å². The van der Waals surface area contributed by atoms with Crippen LogP contribution in [0.3, 0.4) is 0 Å². The normalized spacial score (nSPS) is 10.2. The predicted octanol–water partition coefficient (Wildman–Crippen LogP) is 3.79. The summed E-state index contributed by atoms with van der Waals surface area (Å²) in [5.74, 6) is 0.822. The third-order valence-electron chi connectivity index (χ3n) is 3.66. The Kier molecular flexibility index (Phi) is 4.89. The van der Waals surface area contributed by atoms with E-state index in [0.717, 1.165) is 16.9 Å². The Morgan fingerprint density at radius 3 is 2.28 bits per heavy atom. The molecular formula is C19H18N4O2. The van der Waals surface area contributed by atoms with E-state index in [1.807, 2.05) is 55.5 Å². The minimum atomic E-state index is -0.252. The van der Waals surface area contributed by atoms with Gasteiger partial charge in [-0.15, -0.1) is 0 Å². The molecule has 2 aromatic carbocycles. The molecule has 0 bridgehead atoms. The molecule has 3 aromatic rings. The summed E-state index contributed by atoms with van der Waals surface area (Å²) in [4.78, 5) is 20.7. The highest BCUT2D eigenvalue weighted by Crippen LogP contribution is 2.25. The second-order valence-corrected chi connectivity index (χ2v) is 5.39. The largest absolute Gasteiger partial charge is 0.495 e. The maximum atomic E-state index is 12.3. The van der Waals surface area contributed by atoms with E-state index in [0.29, 0.717) is 17.3 Å². The van der Waals surface area contributed by atoms with Gasteiger partial charge in [-0.25, -0.2) is 9.97 Å². The fourth-order valence-corrected chi connectivity index (χ4v) is 2.29. The molecular weight excluding hydrogens is 316 g/mol. The Bertz CT molecular complexity index is 879. The summed E-state index contributed by atoms with van der Waals surface area (Å²) in [6.07, 6.45) is 2.97. The van der Waals surface area contributed by atoms with Crippen molar-refractivity contribution in [2.75, 3.05) is 17.7 Å². The van der Waals surface area contributed by atoms with Crippen LogP contribution in [0.1, 0.15) is 15.9 Å². The summed E-state index contributed by atoms with van der Waals surface area (Å²) in [6, 6.07) is 15.1.